The number of fused-ring (bicyclic) bond motifs is 1. The van der Waals surface area contributed by atoms with Crippen molar-refractivity contribution in [2.45, 2.75) is 33.7 Å². The fourth-order valence-electron chi connectivity index (χ4n) is 3.66. The fourth-order valence-corrected chi connectivity index (χ4v) is 3.66. The average Bonchev–Trinajstić information content (AvgIpc) is 2.97. The Balaban J connectivity index is 1.69. The largest absolute Gasteiger partial charge is 0.493 e. The number of methoxy groups -OCH3 is 2. The first kappa shape index (κ1) is 19.8. The highest BCUT2D eigenvalue weighted by Gasteiger charge is 2.13. The van der Waals surface area contributed by atoms with E-state index in [0.29, 0.717) is 23.6 Å². The lowest BCUT2D eigenvalue weighted by Gasteiger charge is -2.10. The molecular formula is C23H28N2O3. The van der Waals surface area contributed by atoms with Crippen molar-refractivity contribution in [2.24, 2.45) is 0 Å². The van der Waals surface area contributed by atoms with E-state index in [2.05, 4.69) is 30.7 Å². The van der Waals surface area contributed by atoms with E-state index in [4.69, 9.17) is 9.47 Å². The normalized spacial score (nSPS) is 10.9. The van der Waals surface area contributed by atoms with E-state index >= 15 is 0 Å². The van der Waals surface area contributed by atoms with Crippen molar-refractivity contribution >= 4 is 16.8 Å². The molecule has 2 aromatic carbocycles. The second kappa shape index (κ2) is 8.38. The van der Waals surface area contributed by atoms with Crippen molar-refractivity contribution in [3.63, 3.8) is 0 Å². The van der Waals surface area contributed by atoms with Crippen molar-refractivity contribution in [1.29, 1.82) is 0 Å². The topological polar surface area (TPSA) is 52.5 Å². The van der Waals surface area contributed by atoms with Crippen molar-refractivity contribution in [2.75, 3.05) is 20.8 Å². The van der Waals surface area contributed by atoms with Crippen LogP contribution in [0.3, 0.4) is 0 Å². The van der Waals surface area contributed by atoms with Gasteiger partial charge in [0.25, 0.3) is 5.91 Å². The number of hydrogen-bond acceptors (Lipinski definition) is 3. The van der Waals surface area contributed by atoms with Gasteiger partial charge in [-0.05, 0) is 68.7 Å². The van der Waals surface area contributed by atoms with Gasteiger partial charge in [-0.2, -0.15) is 0 Å². The number of nitrogens with one attached hydrogen (secondary N) is 1. The first-order valence-corrected chi connectivity index (χ1v) is 9.58. The van der Waals surface area contributed by atoms with Crippen LogP contribution in [0.5, 0.6) is 11.5 Å². The molecule has 1 N–H and O–H groups in total. The molecule has 0 aliphatic heterocycles. The molecule has 3 rings (SSSR count). The van der Waals surface area contributed by atoms with Gasteiger partial charge in [0.1, 0.15) is 0 Å². The van der Waals surface area contributed by atoms with Gasteiger partial charge >= 0.3 is 0 Å². The summed E-state index contributed by atoms with van der Waals surface area (Å²) >= 11 is 0. The van der Waals surface area contributed by atoms with Crippen LogP contribution in [0.25, 0.3) is 10.9 Å². The first-order valence-electron chi connectivity index (χ1n) is 9.58. The Labute approximate surface area is 166 Å². The summed E-state index contributed by atoms with van der Waals surface area (Å²) < 4.78 is 12.9. The van der Waals surface area contributed by atoms with Crippen molar-refractivity contribution in [1.82, 2.24) is 9.88 Å². The molecule has 1 amide bonds. The molecule has 0 aliphatic carbocycles. The number of aryl methyl sites for hydroxylation is 2. The van der Waals surface area contributed by atoms with Gasteiger partial charge in [0.05, 0.1) is 14.2 Å². The summed E-state index contributed by atoms with van der Waals surface area (Å²) in [4.78, 5) is 12.6. The van der Waals surface area contributed by atoms with Crippen LogP contribution in [0.1, 0.15) is 34.1 Å². The molecule has 0 unspecified atom stereocenters. The highest BCUT2D eigenvalue weighted by molar-refractivity contribution is 5.99. The van der Waals surface area contributed by atoms with Crippen molar-refractivity contribution in [3.8, 4) is 11.5 Å². The van der Waals surface area contributed by atoms with Gasteiger partial charge in [-0.25, -0.2) is 0 Å². The third kappa shape index (κ3) is 3.70. The number of carbonyl (C=O) groups is 1. The zero-order valence-corrected chi connectivity index (χ0v) is 17.3. The summed E-state index contributed by atoms with van der Waals surface area (Å²) in [6.45, 7) is 7.86. The van der Waals surface area contributed by atoms with E-state index in [0.717, 1.165) is 23.9 Å². The van der Waals surface area contributed by atoms with Gasteiger partial charge in [0.2, 0.25) is 0 Å². The van der Waals surface area contributed by atoms with Crippen LogP contribution >= 0.6 is 0 Å². The third-order valence-electron chi connectivity index (χ3n) is 5.36. The zero-order chi connectivity index (χ0) is 20.3. The Hall–Kier alpha value is -2.95. The number of rotatable bonds is 7. The molecule has 0 radical (unpaired) electrons. The molecule has 0 spiro atoms. The average molecular weight is 380 g/mol. The lowest BCUT2D eigenvalue weighted by atomic mass is 10.1. The number of nitrogens with zero attached hydrogens (tertiary/aromatic N) is 1. The minimum Gasteiger partial charge on any atom is -0.493 e. The Morgan fingerprint density at radius 3 is 2.46 bits per heavy atom. The summed E-state index contributed by atoms with van der Waals surface area (Å²) in [7, 11) is 3.24. The first-order chi connectivity index (χ1) is 13.5. The second-order valence-electron chi connectivity index (χ2n) is 6.88. The van der Waals surface area contributed by atoms with E-state index in [1.807, 2.05) is 36.4 Å². The number of aromatic nitrogens is 1. The van der Waals surface area contributed by atoms with Crippen molar-refractivity contribution < 1.29 is 14.3 Å². The molecule has 0 aliphatic rings. The molecule has 1 aromatic heterocycles. The highest BCUT2D eigenvalue weighted by Crippen LogP contribution is 2.28. The van der Waals surface area contributed by atoms with Crippen LogP contribution in [0.2, 0.25) is 0 Å². The van der Waals surface area contributed by atoms with Gasteiger partial charge in [0.15, 0.2) is 11.5 Å². The number of ether oxygens (including phenoxy) is 2. The van der Waals surface area contributed by atoms with Gasteiger partial charge in [-0.15, -0.1) is 0 Å². The van der Waals surface area contributed by atoms with E-state index in [-0.39, 0.29) is 5.91 Å². The van der Waals surface area contributed by atoms with Crippen LogP contribution in [0, 0.1) is 13.8 Å². The van der Waals surface area contributed by atoms with Gasteiger partial charge in [0, 0.05) is 35.2 Å². The van der Waals surface area contributed by atoms with E-state index in [9.17, 15) is 4.79 Å². The minimum absolute atomic E-state index is 0.0521. The molecule has 3 aromatic rings. The summed E-state index contributed by atoms with van der Waals surface area (Å²) in [6.07, 6.45) is 0.721. The third-order valence-corrected chi connectivity index (χ3v) is 5.36. The molecular weight excluding hydrogens is 352 g/mol. The maximum atomic E-state index is 12.6. The summed E-state index contributed by atoms with van der Waals surface area (Å²) in [5.74, 6) is 1.35. The van der Waals surface area contributed by atoms with Crippen LogP contribution in [-0.4, -0.2) is 31.2 Å². The molecule has 5 heteroatoms. The smallest absolute Gasteiger partial charge is 0.251 e. The molecule has 0 fully saturated rings. The molecule has 28 heavy (non-hydrogen) atoms. The number of amides is 1. The van der Waals surface area contributed by atoms with Gasteiger partial charge < -0.3 is 19.4 Å². The Morgan fingerprint density at radius 1 is 1.04 bits per heavy atom. The van der Waals surface area contributed by atoms with E-state index < -0.39 is 0 Å². The van der Waals surface area contributed by atoms with Crippen LogP contribution in [0.15, 0.2) is 36.4 Å². The molecule has 0 atom stereocenters. The highest BCUT2D eigenvalue weighted by atomic mass is 16.5. The second-order valence-corrected chi connectivity index (χ2v) is 6.88. The van der Waals surface area contributed by atoms with Gasteiger partial charge in [-0.3, -0.25) is 4.79 Å². The van der Waals surface area contributed by atoms with E-state index in [1.165, 1.54) is 16.8 Å². The van der Waals surface area contributed by atoms with Crippen molar-refractivity contribution in [3.05, 3.63) is 58.8 Å². The molecule has 148 valence electrons. The predicted octanol–water partition coefficient (Wildman–Crippen LogP) is 4.27. The number of benzene rings is 2. The summed E-state index contributed by atoms with van der Waals surface area (Å²) in [5, 5.41) is 4.16. The Bertz CT molecular complexity index is 1000. The standard InChI is InChI=1S/C23H28N2O3/c1-6-25-16(3)15(2)19-14-18(8-9-20(19)25)23(26)24-12-11-17-7-10-21(27-4)22(13-17)28-5/h7-10,13-14H,6,11-12H2,1-5H3,(H,24,26). The lowest BCUT2D eigenvalue weighted by Crippen LogP contribution is -2.25. The minimum atomic E-state index is -0.0521. The Morgan fingerprint density at radius 2 is 1.79 bits per heavy atom. The zero-order valence-electron chi connectivity index (χ0n) is 17.3. The maximum Gasteiger partial charge on any atom is 0.251 e. The number of hydrogen-bond donors (Lipinski definition) is 1. The van der Waals surface area contributed by atoms with E-state index in [1.54, 1.807) is 14.2 Å². The van der Waals surface area contributed by atoms with Crippen LogP contribution in [0.4, 0.5) is 0 Å². The summed E-state index contributed by atoms with van der Waals surface area (Å²) in [6, 6.07) is 11.8. The maximum absolute atomic E-state index is 12.6. The molecule has 1 heterocycles. The molecule has 0 saturated carbocycles. The number of carbonyl (C=O) groups excluding carboxylic acids is 1. The SMILES string of the molecule is CCn1c(C)c(C)c2cc(C(=O)NCCc3ccc(OC)c(OC)c3)ccc21. The quantitative estimate of drug-likeness (QED) is 0.666. The monoisotopic (exact) mass is 380 g/mol. The summed E-state index contributed by atoms with van der Waals surface area (Å²) in [5.41, 5.74) is 5.44. The van der Waals surface area contributed by atoms with Crippen LogP contribution in [-0.2, 0) is 13.0 Å². The lowest BCUT2D eigenvalue weighted by molar-refractivity contribution is 0.0954. The predicted molar refractivity (Wildman–Crippen MR) is 113 cm³/mol. The van der Waals surface area contributed by atoms with Gasteiger partial charge in [-0.1, -0.05) is 6.07 Å². The molecule has 5 nitrogen and oxygen atoms in total. The molecule has 0 bridgehead atoms. The fraction of sp³-hybridized carbons (Fsp3) is 0.348. The Kier molecular flexibility index (Phi) is 5.93. The van der Waals surface area contributed by atoms with Crippen LogP contribution < -0.4 is 14.8 Å². The molecule has 0 saturated heterocycles.